The zero-order valence-electron chi connectivity index (χ0n) is 11.8. The minimum absolute atomic E-state index is 0.294. The third-order valence-corrected chi connectivity index (χ3v) is 3.62. The average molecular weight is 278 g/mol. The van der Waals surface area contributed by atoms with Gasteiger partial charge < -0.3 is 20.6 Å². The maximum atomic E-state index is 8.52. The number of methoxy groups -OCH3 is 1. The van der Waals surface area contributed by atoms with Crippen molar-refractivity contribution in [2.24, 2.45) is 10.9 Å². The van der Waals surface area contributed by atoms with Crippen LogP contribution < -0.4 is 15.4 Å². The molecule has 0 aromatic heterocycles. The van der Waals surface area contributed by atoms with Crippen LogP contribution in [0.5, 0.6) is 5.75 Å². The van der Waals surface area contributed by atoms with E-state index in [1.165, 1.54) is 5.69 Å². The molecule has 0 unspecified atom stereocenters. The number of oxime groups is 1. The van der Waals surface area contributed by atoms with Gasteiger partial charge in [-0.25, -0.2) is 0 Å². The van der Waals surface area contributed by atoms with Crippen molar-refractivity contribution in [1.82, 2.24) is 4.90 Å². The van der Waals surface area contributed by atoms with Gasteiger partial charge in [0.1, 0.15) is 11.6 Å². The largest absolute Gasteiger partial charge is 0.497 e. The maximum Gasteiger partial charge on any atom is 0.140 e. The topological polar surface area (TPSA) is 74.3 Å². The molecule has 0 spiro atoms. The predicted molar refractivity (Wildman–Crippen MR) is 79.7 cm³/mol. The molecule has 0 atom stereocenters. The van der Waals surface area contributed by atoms with Crippen LogP contribution in [0.4, 0.5) is 5.69 Å². The lowest BCUT2D eigenvalue weighted by Gasteiger charge is -2.36. The van der Waals surface area contributed by atoms with E-state index in [1.54, 1.807) is 7.11 Å². The normalized spacial score (nSPS) is 17.2. The first-order valence-electron chi connectivity index (χ1n) is 6.80. The minimum Gasteiger partial charge on any atom is -0.497 e. The lowest BCUT2D eigenvalue weighted by Crippen LogP contribution is -2.47. The summed E-state index contributed by atoms with van der Waals surface area (Å²) in [6.07, 6.45) is 0.610. The number of hydrogen-bond donors (Lipinski definition) is 2. The fourth-order valence-electron chi connectivity index (χ4n) is 2.35. The molecule has 1 aliphatic heterocycles. The van der Waals surface area contributed by atoms with E-state index in [0.717, 1.165) is 38.5 Å². The summed E-state index contributed by atoms with van der Waals surface area (Å²) < 4.78 is 5.17. The van der Waals surface area contributed by atoms with Gasteiger partial charge in [-0.05, 0) is 24.3 Å². The zero-order chi connectivity index (χ0) is 14.4. The molecule has 1 fully saturated rings. The highest BCUT2D eigenvalue weighted by atomic mass is 16.5. The molecule has 0 aliphatic carbocycles. The third-order valence-electron chi connectivity index (χ3n) is 3.62. The van der Waals surface area contributed by atoms with E-state index in [9.17, 15) is 0 Å². The van der Waals surface area contributed by atoms with E-state index in [0.29, 0.717) is 12.3 Å². The first-order valence-corrected chi connectivity index (χ1v) is 6.80. The van der Waals surface area contributed by atoms with Crippen molar-refractivity contribution in [1.29, 1.82) is 0 Å². The smallest absolute Gasteiger partial charge is 0.140 e. The number of amidine groups is 1. The molecule has 6 heteroatoms. The number of rotatable bonds is 5. The molecule has 20 heavy (non-hydrogen) atoms. The van der Waals surface area contributed by atoms with E-state index in [2.05, 4.69) is 27.1 Å². The second-order valence-corrected chi connectivity index (χ2v) is 4.87. The molecule has 1 aromatic rings. The molecule has 3 N–H and O–H groups in total. The summed E-state index contributed by atoms with van der Waals surface area (Å²) in [5, 5.41) is 11.5. The van der Waals surface area contributed by atoms with Crippen molar-refractivity contribution in [3.8, 4) is 5.75 Å². The molecule has 110 valence electrons. The highest BCUT2D eigenvalue weighted by molar-refractivity contribution is 5.79. The minimum atomic E-state index is 0.294. The van der Waals surface area contributed by atoms with E-state index >= 15 is 0 Å². The molecule has 1 heterocycles. The first kappa shape index (κ1) is 14.5. The Morgan fingerprint density at radius 2 is 1.90 bits per heavy atom. The van der Waals surface area contributed by atoms with Crippen LogP contribution in [-0.4, -0.2) is 55.8 Å². The van der Waals surface area contributed by atoms with Crippen LogP contribution in [0.2, 0.25) is 0 Å². The van der Waals surface area contributed by atoms with Crippen LogP contribution >= 0.6 is 0 Å². The quantitative estimate of drug-likeness (QED) is 0.363. The van der Waals surface area contributed by atoms with Gasteiger partial charge in [0.25, 0.3) is 0 Å². The fraction of sp³-hybridized carbons (Fsp3) is 0.500. The number of piperazine rings is 1. The Labute approximate surface area is 119 Å². The van der Waals surface area contributed by atoms with Crippen molar-refractivity contribution >= 4 is 11.5 Å². The third kappa shape index (κ3) is 3.77. The van der Waals surface area contributed by atoms with Gasteiger partial charge >= 0.3 is 0 Å². The van der Waals surface area contributed by atoms with Crippen molar-refractivity contribution < 1.29 is 9.94 Å². The van der Waals surface area contributed by atoms with Crippen molar-refractivity contribution in [2.75, 3.05) is 44.7 Å². The Morgan fingerprint density at radius 1 is 1.25 bits per heavy atom. The Balaban J connectivity index is 1.81. The van der Waals surface area contributed by atoms with E-state index in [4.69, 9.17) is 15.7 Å². The van der Waals surface area contributed by atoms with Gasteiger partial charge in [-0.15, -0.1) is 0 Å². The first-order chi connectivity index (χ1) is 9.72. The monoisotopic (exact) mass is 278 g/mol. The second-order valence-electron chi connectivity index (χ2n) is 4.87. The van der Waals surface area contributed by atoms with Crippen LogP contribution in [0.3, 0.4) is 0 Å². The number of nitrogens with two attached hydrogens (primary N) is 1. The van der Waals surface area contributed by atoms with Crippen LogP contribution in [-0.2, 0) is 0 Å². The zero-order valence-corrected chi connectivity index (χ0v) is 11.8. The van der Waals surface area contributed by atoms with Gasteiger partial charge in [0.05, 0.1) is 7.11 Å². The molecule has 0 bridgehead atoms. The van der Waals surface area contributed by atoms with Crippen LogP contribution in [0.1, 0.15) is 6.42 Å². The Bertz CT molecular complexity index is 439. The molecular formula is C14H22N4O2. The molecular weight excluding hydrogens is 256 g/mol. The van der Waals surface area contributed by atoms with E-state index in [-0.39, 0.29) is 0 Å². The van der Waals surface area contributed by atoms with Gasteiger partial charge in [0.15, 0.2) is 0 Å². The number of nitrogens with zero attached hydrogens (tertiary/aromatic N) is 3. The SMILES string of the molecule is COc1ccc(N2CCN(CC/C(N)=N/O)CC2)cc1. The summed E-state index contributed by atoms with van der Waals surface area (Å²) in [4.78, 5) is 4.69. The van der Waals surface area contributed by atoms with Crippen LogP contribution in [0.15, 0.2) is 29.4 Å². The molecule has 1 aromatic carbocycles. The highest BCUT2D eigenvalue weighted by Gasteiger charge is 2.17. The van der Waals surface area contributed by atoms with E-state index in [1.807, 2.05) is 12.1 Å². The summed E-state index contributed by atoms with van der Waals surface area (Å²) in [7, 11) is 1.68. The second kappa shape index (κ2) is 7.00. The molecule has 0 saturated carbocycles. The summed E-state index contributed by atoms with van der Waals surface area (Å²) in [5.41, 5.74) is 6.71. The molecule has 0 amide bonds. The predicted octanol–water partition coefficient (Wildman–Crippen LogP) is 0.954. The molecule has 2 rings (SSSR count). The average Bonchev–Trinajstić information content (AvgIpc) is 2.53. The number of anilines is 1. The Morgan fingerprint density at radius 3 is 2.45 bits per heavy atom. The van der Waals surface area contributed by atoms with Gasteiger partial charge in [-0.1, -0.05) is 5.16 Å². The summed E-state index contributed by atoms with van der Waals surface area (Å²) in [5.74, 6) is 1.17. The van der Waals surface area contributed by atoms with Gasteiger partial charge in [-0.3, -0.25) is 4.90 Å². The van der Waals surface area contributed by atoms with Crippen LogP contribution in [0, 0.1) is 0 Å². The van der Waals surface area contributed by atoms with Gasteiger partial charge in [0, 0.05) is 44.8 Å². The van der Waals surface area contributed by atoms with Crippen molar-refractivity contribution in [3.63, 3.8) is 0 Å². The number of hydrogen-bond acceptors (Lipinski definition) is 5. The van der Waals surface area contributed by atoms with Crippen LogP contribution in [0.25, 0.3) is 0 Å². The molecule has 1 saturated heterocycles. The molecule has 1 aliphatic rings. The number of ether oxygens (including phenoxy) is 1. The van der Waals surface area contributed by atoms with Gasteiger partial charge in [-0.2, -0.15) is 0 Å². The number of benzene rings is 1. The molecule has 6 nitrogen and oxygen atoms in total. The lowest BCUT2D eigenvalue weighted by atomic mass is 10.2. The summed E-state index contributed by atoms with van der Waals surface area (Å²) >= 11 is 0. The Kier molecular flexibility index (Phi) is 5.06. The van der Waals surface area contributed by atoms with Gasteiger partial charge in [0.2, 0.25) is 0 Å². The highest BCUT2D eigenvalue weighted by Crippen LogP contribution is 2.20. The standard InChI is InChI=1S/C14H22N4O2/c1-20-13-4-2-12(3-5-13)18-10-8-17(9-11-18)7-6-14(15)16-19/h2-5,19H,6-11H2,1H3,(H2,15,16). The van der Waals surface area contributed by atoms with Crippen molar-refractivity contribution in [2.45, 2.75) is 6.42 Å². The van der Waals surface area contributed by atoms with Crippen molar-refractivity contribution in [3.05, 3.63) is 24.3 Å². The van der Waals surface area contributed by atoms with E-state index < -0.39 is 0 Å². The molecule has 0 radical (unpaired) electrons. The summed E-state index contributed by atoms with van der Waals surface area (Å²) in [6.45, 7) is 4.80. The fourth-order valence-corrected chi connectivity index (χ4v) is 2.35. The lowest BCUT2D eigenvalue weighted by molar-refractivity contribution is 0.262. The summed E-state index contributed by atoms with van der Waals surface area (Å²) in [6, 6.07) is 8.15. The maximum absolute atomic E-state index is 8.52. The Hall–Kier alpha value is -1.95.